The lowest BCUT2D eigenvalue weighted by Crippen LogP contribution is -1.96. The van der Waals surface area contributed by atoms with Crippen LogP contribution in [0.3, 0.4) is 0 Å². The zero-order valence-corrected chi connectivity index (χ0v) is 8.70. The van der Waals surface area contributed by atoms with E-state index in [1.165, 1.54) is 4.52 Å². The molecular formula is C9H5ClN6. The summed E-state index contributed by atoms with van der Waals surface area (Å²) < 4.78 is 1.53. The Morgan fingerprint density at radius 2 is 2.06 bits per heavy atom. The summed E-state index contributed by atoms with van der Waals surface area (Å²) in [5, 5.41) is 12.4. The molecule has 3 heterocycles. The van der Waals surface area contributed by atoms with Gasteiger partial charge in [-0.25, -0.2) is 4.98 Å². The van der Waals surface area contributed by atoms with E-state index in [2.05, 4.69) is 25.3 Å². The van der Waals surface area contributed by atoms with Gasteiger partial charge in [0.1, 0.15) is 10.8 Å². The first-order valence-corrected chi connectivity index (χ1v) is 4.87. The fourth-order valence-electron chi connectivity index (χ4n) is 1.34. The second kappa shape index (κ2) is 3.49. The largest absolute Gasteiger partial charge is 0.261 e. The standard InChI is InChI=1S/C9H5ClN6/c10-7-1-2-8-13-14-9(16(8)15-7)6-5-11-3-4-12-6/h1-5H. The lowest BCUT2D eigenvalue weighted by atomic mass is 10.4. The fraction of sp³-hybridized carbons (Fsp3) is 0. The van der Waals surface area contributed by atoms with Gasteiger partial charge in [-0.15, -0.1) is 10.2 Å². The van der Waals surface area contributed by atoms with E-state index in [1.807, 2.05) is 0 Å². The Kier molecular flexibility index (Phi) is 2.00. The first-order valence-electron chi connectivity index (χ1n) is 4.49. The van der Waals surface area contributed by atoms with Crippen LogP contribution in [-0.4, -0.2) is 29.8 Å². The second-order valence-corrected chi connectivity index (χ2v) is 3.43. The molecule has 3 aromatic rings. The maximum Gasteiger partial charge on any atom is 0.205 e. The fourth-order valence-corrected chi connectivity index (χ4v) is 1.48. The number of aromatic nitrogens is 6. The lowest BCUT2D eigenvalue weighted by molar-refractivity contribution is 0.927. The van der Waals surface area contributed by atoms with Crippen molar-refractivity contribution in [3.8, 4) is 11.5 Å². The molecule has 0 saturated heterocycles. The highest BCUT2D eigenvalue weighted by Gasteiger charge is 2.10. The van der Waals surface area contributed by atoms with Gasteiger partial charge < -0.3 is 0 Å². The molecule has 7 heteroatoms. The Bertz CT molecular complexity index is 635. The lowest BCUT2D eigenvalue weighted by Gasteiger charge is -1.97. The maximum absolute atomic E-state index is 5.81. The molecule has 0 aromatic carbocycles. The van der Waals surface area contributed by atoms with Crippen molar-refractivity contribution in [2.24, 2.45) is 0 Å². The predicted molar refractivity (Wildman–Crippen MR) is 56.8 cm³/mol. The highest BCUT2D eigenvalue weighted by atomic mass is 35.5. The van der Waals surface area contributed by atoms with Gasteiger partial charge in [0.05, 0.1) is 6.20 Å². The predicted octanol–water partition coefficient (Wildman–Crippen LogP) is 1.23. The summed E-state index contributed by atoms with van der Waals surface area (Å²) in [7, 11) is 0. The van der Waals surface area contributed by atoms with Gasteiger partial charge in [-0.3, -0.25) is 4.98 Å². The molecule has 0 aliphatic rings. The number of halogens is 1. The van der Waals surface area contributed by atoms with Gasteiger partial charge in [-0.2, -0.15) is 9.61 Å². The normalized spacial score (nSPS) is 10.8. The molecule has 3 rings (SSSR count). The summed E-state index contributed by atoms with van der Waals surface area (Å²) in [5.74, 6) is 0.519. The zero-order valence-electron chi connectivity index (χ0n) is 7.95. The van der Waals surface area contributed by atoms with Gasteiger partial charge in [0.15, 0.2) is 5.65 Å². The summed E-state index contributed by atoms with van der Waals surface area (Å²) >= 11 is 5.81. The average molecular weight is 233 g/mol. The van der Waals surface area contributed by atoms with Crippen molar-refractivity contribution in [1.29, 1.82) is 0 Å². The second-order valence-electron chi connectivity index (χ2n) is 3.04. The van der Waals surface area contributed by atoms with E-state index in [4.69, 9.17) is 11.6 Å². The van der Waals surface area contributed by atoms with E-state index in [0.717, 1.165) is 0 Å². The van der Waals surface area contributed by atoms with Gasteiger partial charge in [0, 0.05) is 12.4 Å². The number of hydrogen-bond acceptors (Lipinski definition) is 5. The quantitative estimate of drug-likeness (QED) is 0.631. The van der Waals surface area contributed by atoms with Crippen molar-refractivity contribution >= 4 is 17.2 Å². The van der Waals surface area contributed by atoms with Gasteiger partial charge >= 0.3 is 0 Å². The molecule has 3 aromatic heterocycles. The van der Waals surface area contributed by atoms with Crippen molar-refractivity contribution in [3.63, 3.8) is 0 Å². The van der Waals surface area contributed by atoms with Crippen molar-refractivity contribution < 1.29 is 0 Å². The molecule has 0 saturated carbocycles. The Balaban J connectivity index is 2.29. The molecule has 0 atom stereocenters. The Morgan fingerprint density at radius 3 is 2.88 bits per heavy atom. The summed E-state index contributed by atoms with van der Waals surface area (Å²) in [6.45, 7) is 0. The average Bonchev–Trinajstić information content (AvgIpc) is 2.73. The van der Waals surface area contributed by atoms with E-state index in [-0.39, 0.29) is 0 Å². The Labute approximate surface area is 94.9 Å². The van der Waals surface area contributed by atoms with Crippen LogP contribution in [0.25, 0.3) is 17.2 Å². The molecule has 0 N–H and O–H groups in total. The van der Waals surface area contributed by atoms with Crippen LogP contribution in [0.2, 0.25) is 5.15 Å². The molecule has 0 aliphatic carbocycles. The third kappa shape index (κ3) is 1.40. The molecule has 0 fully saturated rings. The highest BCUT2D eigenvalue weighted by Crippen LogP contribution is 2.14. The minimum Gasteiger partial charge on any atom is -0.261 e. The number of rotatable bonds is 1. The van der Waals surface area contributed by atoms with E-state index >= 15 is 0 Å². The van der Waals surface area contributed by atoms with E-state index in [1.54, 1.807) is 30.7 Å². The number of hydrogen-bond donors (Lipinski definition) is 0. The van der Waals surface area contributed by atoms with Crippen LogP contribution in [0.5, 0.6) is 0 Å². The Morgan fingerprint density at radius 1 is 1.12 bits per heavy atom. The molecular weight excluding hydrogens is 228 g/mol. The third-order valence-corrected chi connectivity index (χ3v) is 2.22. The van der Waals surface area contributed by atoms with Crippen LogP contribution in [-0.2, 0) is 0 Å². The molecule has 0 amide bonds. The van der Waals surface area contributed by atoms with Gasteiger partial charge in [-0.1, -0.05) is 11.6 Å². The first kappa shape index (κ1) is 9.17. The van der Waals surface area contributed by atoms with Crippen molar-refractivity contribution in [3.05, 3.63) is 35.9 Å². The Hall–Kier alpha value is -2.08. The summed E-state index contributed by atoms with van der Waals surface area (Å²) in [6.07, 6.45) is 4.77. The van der Waals surface area contributed by atoms with Crippen LogP contribution >= 0.6 is 11.6 Å². The number of nitrogens with zero attached hydrogens (tertiary/aromatic N) is 6. The maximum atomic E-state index is 5.81. The monoisotopic (exact) mass is 232 g/mol. The third-order valence-electron chi connectivity index (χ3n) is 2.02. The van der Waals surface area contributed by atoms with Crippen LogP contribution < -0.4 is 0 Å². The minimum absolute atomic E-state index is 0.373. The summed E-state index contributed by atoms with van der Waals surface area (Å²) in [5.41, 5.74) is 1.22. The van der Waals surface area contributed by atoms with Crippen LogP contribution in [0.15, 0.2) is 30.7 Å². The molecule has 78 valence electrons. The van der Waals surface area contributed by atoms with Gasteiger partial charge in [0.2, 0.25) is 5.82 Å². The molecule has 0 bridgehead atoms. The van der Waals surface area contributed by atoms with Crippen LogP contribution in [0, 0.1) is 0 Å². The summed E-state index contributed by atoms with van der Waals surface area (Å²) in [4.78, 5) is 8.10. The van der Waals surface area contributed by atoms with E-state index in [0.29, 0.717) is 22.3 Å². The first-order chi connectivity index (χ1) is 7.84. The molecule has 0 aliphatic heterocycles. The van der Waals surface area contributed by atoms with E-state index in [9.17, 15) is 0 Å². The zero-order chi connectivity index (χ0) is 11.0. The van der Waals surface area contributed by atoms with Gasteiger partial charge in [-0.05, 0) is 12.1 Å². The molecule has 0 unspecified atom stereocenters. The van der Waals surface area contributed by atoms with Crippen LogP contribution in [0.1, 0.15) is 0 Å². The molecule has 16 heavy (non-hydrogen) atoms. The van der Waals surface area contributed by atoms with E-state index < -0.39 is 0 Å². The minimum atomic E-state index is 0.373. The smallest absolute Gasteiger partial charge is 0.205 e. The topological polar surface area (TPSA) is 68.9 Å². The SMILES string of the molecule is Clc1ccc2nnc(-c3cnccn3)n2n1. The van der Waals surface area contributed by atoms with Crippen molar-refractivity contribution in [1.82, 2.24) is 29.8 Å². The number of fused-ring (bicyclic) bond motifs is 1. The van der Waals surface area contributed by atoms with Gasteiger partial charge in [0.25, 0.3) is 0 Å². The molecule has 0 spiro atoms. The molecule has 0 radical (unpaired) electrons. The van der Waals surface area contributed by atoms with Crippen LogP contribution in [0.4, 0.5) is 0 Å². The summed E-state index contributed by atoms with van der Waals surface area (Å²) in [6, 6.07) is 3.40. The highest BCUT2D eigenvalue weighted by molar-refractivity contribution is 6.29. The van der Waals surface area contributed by atoms with Crippen molar-refractivity contribution in [2.45, 2.75) is 0 Å². The van der Waals surface area contributed by atoms with Crippen molar-refractivity contribution in [2.75, 3.05) is 0 Å². The molecule has 6 nitrogen and oxygen atoms in total.